The highest BCUT2D eigenvalue weighted by molar-refractivity contribution is 6.28. The number of aromatic nitrogens is 2. The maximum absolute atomic E-state index is 10.7. The monoisotopic (exact) mass is 174 g/mol. The van der Waals surface area contributed by atoms with E-state index in [0.29, 0.717) is 0 Å². The van der Waals surface area contributed by atoms with Crippen LogP contribution in [0.5, 0.6) is 0 Å². The Bertz CT molecular complexity index is 346. The highest BCUT2D eigenvalue weighted by atomic mass is 35.5. The van der Waals surface area contributed by atoms with Crippen LogP contribution in [-0.4, -0.2) is 21.0 Å². The van der Waals surface area contributed by atoms with E-state index < -0.39 is 17.1 Å². The molecular formula is C5H3ClN2O3. The van der Waals surface area contributed by atoms with Crippen molar-refractivity contribution in [2.75, 3.05) is 0 Å². The molecule has 0 aromatic carbocycles. The molecule has 11 heavy (non-hydrogen) atoms. The lowest BCUT2D eigenvalue weighted by molar-refractivity contribution is 0.0694. The van der Waals surface area contributed by atoms with Gasteiger partial charge in [0.15, 0.2) is 0 Å². The molecule has 0 aliphatic carbocycles. The van der Waals surface area contributed by atoms with Crippen molar-refractivity contribution < 1.29 is 9.90 Å². The van der Waals surface area contributed by atoms with Gasteiger partial charge in [0.2, 0.25) is 5.28 Å². The second-order valence-electron chi connectivity index (χ2n) is 1.72. The molecule has 0 spiro atoms. The first-order valence-electron chi connectivity index (χ1n) is 2.59. The van der Waals surface area contributed by atoms with Crippen molar-refractivity contribution in [3.8, 4) is 0 Å². The summed E-state index contributed by atoms with van der Waals surface area (Å²) in [6, 6.07) is 0. The number of carbonyl (C=O) groups is 1. The number of aromatic carboxylic acids is 1. The second kappa shape index (κ2) is 2.71. The van der Waals surface area contributed by atoms with Gasteiger partial charge < -0.3 is 5.11 Å². The maximum Gasteiger partial charge on any atom is 0.342 e. The Hall–Kier alpha value is -1.36. The first-order chi connectivity index (χ1) is 5.11. The molecule has 58 valence electrons. The Kier molecular flexibility index (Phi) is 1.91. The lowest BCUT2D eigenvalue weighted by Crippen LogP contribution is -2.17. The molecule has 0 fully saturated rings. The zero-order chi connectivity index (χ0) is 8.43. The van der Waals surface area contributed by atoms with Gasteiger partial charge in [-0.25, -0.2) is 9.78 Å². The van der Waals surface area contributed by atoms with Crippen LogP contribution < -0.4 is 5.56 Å². The smallest absolute Gasteiger partial charge is 0.342 e. The van der Waals surface area contributed by atoms with Gasteiger partial charge in [-0.15, -0.1) is 0 Å². The Morgan fingerprint density at radius 3 is 2.82 bits per heavy atom. The van der Waals surface area contributed by atoms with Crippen LogP contribution in [-0.2, 0) is 0 Å². The number of nitrogens with one attached hydrogen (secondary N) is 1. The fraction of sp³-hybridized carbons (Fsp3) is 0. The summed E-state index contributed by atoms with van der Waals surface area (Å²) in [5.74, 6) is -1.32. The number of carboxylic acids is 1. The van der Waals surface area contributed by atoms with Crippen molar-refractivity contribution in [3.05, 3.63) is 27.4 Å². The van der Waals surface area contributed by atoms with Crippen molar-refractivity contribution >= 4 is 17.6 Å². The van der Waals surface area contributed by atoms with E-state index in [1.807, 2.05) is 4.98 Å². The van der Waals surface area contributed by atoms with Crippen LogP contribution in [0.25, 0.3) is 0 Å². The molecule has 5 nitrogen and oxygen atoms in total. The van der Waals surface area contributed by atoms with Crippen molar-refractivity contribution in [1.82, 2.24) is 9.97 Å². The molecule has 1 rings (SSSR count). The molecule has 0 unspecified atom stereocenters. The normalized spacial score (nSPS) is 9.55. The van der Waals surface area contributed by atoms with Gasteiger partial charge in [-0.05, 0) is 11.6 Å². The van der Waals surface area contributed by atoms with E-state index in [1.54, 1.807) is 0 Å². The average Bonchev–Trinajstić information content (AvgIpc) is 1.85. The van der Waals surface area contributed by atoms with Gasteiger partial charge in [0.05, 0.1) is 6.20 Å². The molecule has 0 bridgehead atoms. The first-order valence-corrected chi connectivity index (χ1v) is 2.97. The van der Waals surface area contributed by atoms with Gasteiger partial charge in [-0.1, -0.05) is 0 Å². The third-order valence-electron chi connectivity index (χ3n) is 0.999. The van der Waals surface area contributed by atoms with Crippen LogP contribution in [0.1, 0.15) is 10.4 Å². The number of H-pyrrole nitrogens is 1. The summed E-state index contributed by atoms with van der Waals surface area (Å²) in [5, 5.41) is 8.23. The molecule has 0 atom stereocenters. The number of hydrogen-bond acceptors (Lipinski definition) is 3. The van der Waals surface area contributed by atoms with Crippen LogP contribution in [0.15, 0.2) is 11.0 Å². The second-order valence-corrected chi connectivity index (χ2v) is 2.08. The number of carboxylic acid groups (broad SMARTS) is 1. The molecule has 0 saturated heterocycles. The van der Waals surface area contributed by atoms with E-state index in [4.69, 9.17) is 16.7 Å². The summed E-state index contributed by atoms with van der Waals surface area (Å²) in [7, 11) is 0. The predicted octanol–water partition coefficient (Wildman–Crippen LogP) is 0.121. The van der Waals surface area contributed by atoms with Gasteiger partial charge in [0.25, 0.3) is 5.56 Å². The van der Waals surface area contributed by atoms with Gasteiger partial charge in [-0.3, -0.25) is 9.78 Å². The van der Waals surface area contributed by atoms with Crippen LogP contribution in [0, 0.1) is 0 Å². The molecular weight excluding hydrogens is 172 g/mol. The molecule has 0 saturated carbocycles. The number of halogens is 1. The summed E-state index contributed by atoms with van der Waals surface area (Å²) < 4.78 is 0. The zero-order valence-corrected chi connectivity index (χ0v) is 5.92. The van der Waals surface area contributed by atoms with Crippen LogP contribution in [0.3, 0.4) is 0 Å². The molecule has 6 heteroatoms. The maximum atomic E-state index is 10.7. The van der Waals surface area contributed by atoms with Crippen molar-refractivity contribution in [2.45, 2.75) is 0 Å². The Labute approximate surface area is 65.7 Å². The fourth-order valence-corrected chi connectivity index (χ4v) is 0.660. The van der Waals surface area contributed by atoms with Crippen molar-refractivity contribution in [1.29, 1.82) is 0 Å². The third kappa shape index (κ3) is 1.56. The minimum absolute atomic E-state index is 0.125. The number of aromatic amines is 1. The van der Waals surface area contributed by atoms with Gasteiger partial charge >= 0.3 is 5.97 Å². The number of rotatable bonds is 1. The molecule has 0 aliphatic rings. The standard InChI is InChI=1S/C5H3ClN2O3/c6-5-7-1-2(4(10)11)3(9)8-5/h1H,(H,10,11)(H,7,8,9). The first kappa shape index (κ1) is 7.74. The minimum atomic E-state index is -1.32. The van der Waals surface area contributed by atoms with Gasteiger partial charge in [0, 0.05) is 0 Å². The molecule has 2 N–H and O–H groups in total. The summed E-state index contributed by atoms with van der Waals surface area (Å²) in [6.07, 6.45) is 0.906. The summed E-state index contributed by atoms with van der Waals surface area (Å²) in [6.45, 7) is 0. The van der Waals surface area contributed by atoms with Gasteiger partial charge in [0.1, 0.15) is 5.56 Å². The Balaban J connectivity index is 3.32. The highest BCUT2D eigenvalue weighted by Crippen LogP contribution is 1.94. The van der Waals surface area contributed by atoms with Crippen LogP contribution in [0.4, 0.5) is 0 Å². The lowest BCUT2D eigenvalue weighted by atomic mass is 10.3. The zero-order valence-electron chi connectivity index (χ0n) is 5.17. The van der Waals surface area contributed by atoms with Crippen LogP contribution in [0.2, 0.25) is 5.28 Å². The highest BCUT2D eigenvalue weighted by Gasteiger charge is 2.07. The molecule has 1 aromatic heterocycles. The largest absolute Gasteiger partial charge is 0.477 e. The minimum Gasteiger partial charge on any atom is -0.477 e. The SMILES string of the molecule is O=C(O)c1cnc(Cl)[nH]c1=O. The van der Waals surface area contributed by atoms with E-state index in [2.05, 4.69) is 4.98 Å². The Morgan fingerprint density at radius 2 is 2.36 bits per heavy atom. The van der Waals surface area contributed by atoms with Gasteiger partial charge in [-0.2, -0.15) is 0 Å². The topological polar surface area (TPSA) is 83.0 Å². The van der Waals surface area contributed by atoms with Crippen molar-refractivity contribution in [3.63, 3.8) is 0 Å². The molecule has 0 aliphatic heterocycles. The van der Waals surface area contributed by atoms with E-state index >= 15 is 0 Å². The molecule has 0 amide bonds. The van der Waals surface area contributed by atoms with E-state index in [0.717, 1.165) is 6.20 Å². The van der Waals surface area contributed by atoms with Crippen molar-refractivity contribution in [2.24, 2.45) is 0 Å². The molecule has 1 aromatic rings. The lowest BCUT2D eigenvalue weighted by Gasteiger charge is -1.90. The van der Waals surface area contributed by atoms with E-state index in [9.17, 15) is 9.59 Å². The van der Waals surface area contributed by atoms with E-state index in [1.165, 1.54) is 0 Å². The third-order valence-corrected chi connectivity index (χ3v) is 1.19. The molecule has 1 heterocycles. The molecule has 0 radical (unpaired) electrons. The predicted molar refractivity (Wildman–Crippen MR) is 36.8 cm³/mol. The summed E-state index contributed by atoms with van der Waals surface area (Å²) in [4.78, 5) is 26.4. The number of hydrogen-bond donors (Lipinski definition) is 2. The fourth-order valence-electron chi connectivity index (χ4n) is 0.525. The summed E-state index contributed by atoms with van der Waals surface area (Å²) >= 11 is 5.26. The van der Waals surface area contributed by atoms with E-state index in [-0.39, 0.29) is 5.28 Å². The summed E-state index contributed by atoms with van der Waals surface area (Å²) in [5.41, 5.74) is -1.17. The average molecular weight is 175 g/mol. The Morgan fingerprint density at radius 1 is 1.73 bits per heavy atom. The number of nitrogens with zero attached hydrogens (tertiary/aromatic N) is 1. The van der Waals surface area contributed by atoms with Crippen LogP contribution >= 0.6 is 11.6 Å². The quantitative estimate of drug-likeness (QED) is 0.593.